The molecule has 1 aliphatic carbocycles. The molecule has 7 nitrogen and oxygen atoms in total. The first-order chi connectivity index (χ1) is 17.0. The van der Waals surface area contributed by atoms with E-state index in [2.05, 4.69) is 5.10 Å². The van der Waals surface area contributed by atoms with Crippen molar-refractivity contribution >= 4 is 16.9 Å². The van der Waals surface area contributed by atoms with E-state index in [1.807, 2.05) is 31.3 Å². The molecule has 0 saturated heterocycles. The van der Waals surface area contributed by atoms with Crippen LogP contribution in [-0.2, 0) is 18.3 Å². The highest BCUT2D eigenvalue weighted by Gasteiger charge is 2.32. The molecular weight excluding hydrogens is 451 g/mol. The highest BCUT2D eigenvalue weighted by molar-refractivity contribution is 5.80. The zero-order valence-electron chi connectivity index (χ0n) is 19.0. The minimum atomic E-state index is -0.858. The molecule has 6 rings (SSSR count). The summed E-state index contributed by atoms with van der Waals surface area (Å²) in [6.07, 6.45) is 2.61. The number of ether oxygens (including phenoxy) is 3. The lowest BCUT2D eigenvalue weighted by Crippen LogP contribution is -2.07. The average molecular weight is 474 g/mol. The van der Waals surface area contributed by atoms with Crippen LogP contribution in [0.5, 0.6) is 23.0 Å². The second-order valence-electron chi connectivity index (χ2n) is 8.98. The molecule has 2 heterocycles. The number of carbonyl (C=O) groups is 1. The van der Waals surface area contributed by atoms with E-state index < -0.39 is 12.1 Å². The lowest BCUT2D eigenvalue weighted by Gasteiger charge is -2.17. The second-order valence-corrected chi connectivity index (χ2v) is 8.98. The van der Waals surface area contributed by atoms with Crippen molar-refractivity contribution in [1.82, 2.24) is 9.78 Å². The number of aryl methyl sites for hydroxylation is 1. The van der Waals surface area contributed by atoms with Crippen molar-refractivity contribution < 1.29 is 28.5 Å². The molecule has 178 valence electrons. The van der Waals surface area contributed by atoms with Crippen LogP contribution in [0.25, 0.3) is 10.9 Å². The van der Waals surface area contributed by atoms with Gasteiger partial charge in [0, 0.05) is 47.2 Å². The minimum absolute atomic E-state index is 0.0186. The standard InChI is InChI=1S/C27H23FN2O5/c1-30-22-11-17(3-2-15(22)13-29-30)34-23-9-7-21(28)27-20(23)6-8-24(27)35-18-4-5-19-16(10-26(31)32)14-33-25(19)12-18/h2-5,7,9,11-13,16,24H,6,8,10,14H2,1H3,(H,31,32)/t16-,24-/m1/s1. The van der Waals surface area contributed by atoms with Crippen molar-refractivity contribution in [3.8, 4) is 23.0 Å². The number of hydrogen-bond acceptors (Lipinski definition) is 5. The van der Waals surface area contributed by atoms with Crippen molar-refractivity contribution in [3.63, 3.8) is 0 Å². The van der Waals surface area contributed by atoms with Gasteiger partial charge in [-0.2, -0.15) is 5.10 Å². The molecule has 0 fully saturated rings. The maximum Gasteiger partial charge on any atom is 0.304 e. The van der Waals surface area contributed by atoms with Crippen molar-refractivity contribution in [3.05, 3.63) is 77.2 Å². The normalized spacial score (nSPS) is 18.2. The van der Waals surface area contributed by atoms with Gasteiger partial charge in [0.05, 0.1) is 24.7 Å². The van der Waals surface area contributed by atoms with Gasteiger partial charge in [-0.25, -0.2) is 4.39 Å². The fraction of sp³-hybridized carbons (Fsp3) is 0.259. The van der Waals surface area contributed by atoms with Crippen LogP contribution in [0, 0.1) is 5.82 Å². The zero-order chi connectivity index (χ0) is 24.1. The van der Waals surface area contributed by atoms with Gasteiger partial charge < -0.3 is 19.3 Å². The summed E-state index contributed by atoms with van der Waals surface area (Å²) in [7, 11) is 1.87. The number of fused-ring (bicyclic) bond motifs is 3. The molecule has 35 heavy (non-hydrogen) atoms. The molecule has 0 spiro atoms. The molecule has 1 N–H and O–H groups in total. The SMILES string of the molecule is Cn1ncc2ccc(Oc3ccc(F)c4c3CC[C@H]4Oc3ccc4c(c3)OC[C@H]4CC(=O)O)cc21. The maximum absolute atomic E-state index is 14.9. The summed E-state index contributed by atoms with van der Waals surface area (Å²) in [5, 5.41) is 14.4. The van der Waals surface area contributed by atoms with Gasteiger partial charge in [0.2, 0.25) is 0 Å². The van der Waals surface area contributed by atoms with Crippen LogP contribution in [0.4, 0.5) is 4.39 Å². The Hall–Kier alpha value is -4.07. The molecule has 3 aromatic carbocycles. The Bertz CT molecular complexity index is 1460. The van der Waals surface area contributed by atoms with Crippen LogP contribution in [-0.4, -0.2) is 27.5 Å². The van der Waals surface area contributed by atoms with Gasteiger partial charge in [0.15, 0.2) is 0 Å². The third-order valence-corrected chi connectivity index (χ3v) is 6.75. The van der Waals surface area contributed by atoms with Gasteiger partial charge in [0.1, 0.15) is 34.9 Å². The molecule has 1 aromatic heterocycles. The van der Waals surface area contributed by atoms with E-state index in [0.29, 0.717) is 48.0 Å². The second kappa shape index (κ2) is 8.30. The van der Waals surface area contributed by atoms with E-state index in [-0.39, 0.29) is 18.2 Å². The molecule has 4 aromatic rings. The van der Waals surface area contributed by atoms with Crippen LogP contribution in [0.3, 0.4) is 0 Å². The molecule has 0 saturated carbocycles. The van der Waals surface area contributed by atoms with Gasteiger partial charge in [-0.05, 0) is 43.2 Å². The highest BCUT2D eigenvalue weighted by atomic mass is 19.1. The molecule has 0 bridgehead atoms. The van der Waals surface area contributed by atoms with E-state index in [0.717, 1.165) is 22.0 Å². The van der Waals surface area contributed by atoms with Crippen LogP contribution in [0.1, 0.15) is 41.6 Å². The summed E-state index contributed by atoms with van der Waals surface area (Å²) in [6, 6.07) is 14.2. The van der Waals surface area contributed by atoms with Crippen LogP contribution in [0.2, 0.25) is 0 Å². The summed E-state index contributed by atoms with van der Waals surface area (Å²) < 4.78 is 34.8. The Morgan fingerprint density at radius 2 is 2.06 bits per heavy atom. The minimum Gasteiger partial charge on any atom is -0.492 e. The van der Waals surface area contributed by atoms with Crippen LogP contribution in [0.15, 0.2) is 54.7 Å². The molecule has 2 aliphatic rings. The number of carboxylic acids is 1. The van der Waals surface area contributed by atoms with Crippen LogP contribution < -0.4 is 14.2 Å². The monoisotopic (exact) mass is 474 g/mol. The number of carboxylic acid groups (broad SMARTS) is 1. The predicted molar refractivity (Wildman–Crippen MR) is 126 cm³/mol. The quantitative estimate of drug-likeness (QED) is 0.396. The number of aromatic nitrogens is 2. The van der Waals surface area contributed by atoms with Crippen molar-refractivity contribution in [2.75, 3.05) is 6.61 Å². The van der Waals surface area contributed by atoms with Gasteiger partial charge in [-0.15, -0.1) is 0 Å². The Balaban J connectivity index is 1.25. The zero-order valence-corrected chi connectivity index (χ0v) is 19.0. The molecule has 2 atom stereocenters. The lowest BCUT2D eigenvalue weighted by molar-refractivity contribution is -0.137. The van der Waals surface area contributed by atoms with Crippen molar-refractivity contribution in [2.45, 2.75) is 31.3 Å². The van der Waals surface area contributed by atoms with Crippen LogP contribution >= 0.6 is 0 Å². The third-order valence-electron chi connectivity index (χ3n) is 6.75. The number of aliphatic carboxylic acids is 1. The summed E-state index contributed by atoms with van der Waals surface area (Å²) in [6.45, 7) is 0.331. The molecule has 0 unspecified atom stereocenters. The summed E-state index contributed by atoms with van der Waals surface area (Å²) in [5.41, 5.74) is 3.12. The lowest BCUT2D eigenvalue weighted by atomic mass is 9.98. The summed E-state index contributed by atoms with van der Waals surface area (Å²) in [5.74, 6) is 1.10. The predicted octanol–water partition coefficient (Wildman–Crippen LogP) is 5.52. The van der Waals surface area contributed by atoms with E-state index in [1.165, 1.54) is 6.07 Å². The molecule has 0 radical (unpaired) electrons. The first-order valence-corrected chi connectivity index (χ1v) is 11.5. The Kier molecular flexibility index (Phi) is 5.09. The van der Waals surface area contributed by atoms with Crippen molar-refractivity contribution in [2.24, 2.45) is 7.05 Å². The summed E-state index contributed by atoms with van der Waals surface area (Å²) >= 11 is 0. The fourth-order valence-corrected chi connectivity index (χ4v) is 5.04. The number of hydrogen-bond donors (Lipinski definition) is 1. The Morgan fingerprint density at radius 1 is 1.20 bits per heavy atom. The van der Waals surface area contributed by atoms with E-state index >= 15 is 0 Å². The van der Waals surface area contributed by atoms with Gasteiger partial charge in [0.25, 0.3) is 0 Å². The summed E-state index contributed by atoms with van der Waals surface area (Å²) in [4.78, 5) is 11.1. The highest BCUT2D eigenvalue weighted by Crippen LogP contribution is 2.44. The van der Waals surface area contributed by atoms with E-state index in [4.69, 9.17) is 19.3 Å². The number of rotatable bonds is 6. The van der Waals surface area contributed by atoms with Gasteiger partial charge in [-0.1, -0.05) is 6.07 Å². The first-order valence-electron chi connectivity index (χ1n) is 11.5. The smallest absolute Gasteiger partial charge is 0.304 e. The van der Waals surface area contributed by atoms with Gasteiger partial charge >= 0.3 is 5.97 Å². The topological polar surface area (TPSA) is 82.8 Å². The largest absolute Gasteiger partial charge is 0.492 e. The number of benzene rings is 3. The maximum atomic E-state index is 14.9. The molecule has 8 heteroatoms. The van der Waals surface area contributed by atoms with E-state index in [1.54, 1.807) is 29.1 Å². The molecular formula is C27H23FN2O5. The third kappa shape index (κ3) is 3.84. The van der Waals surface area contributed by atoms with Crippen molar-refractivity contribution in [1.29, 1.82) is 0 Å². The number of halogens is 1. The first kappa shape index (κ1) is 21.5. The fourth-order valence-electron chi connectivity index (χ4n) is 5.04. The number of nitrogens with zero attached hydrogens (tertiary/aromatic N) is 2. The average Bonchev–Trinajstić information content (AvgIpc) is 3.54. The molecule has 1 aliphatic heterocycles. The molecule has 0 amide bonds. The van der Waals surface area contributed by atoms with E-state index in [9.17, 15) is 9.18 Å². The van der Waals surface area contributed by atoms with Gasteiger partial charge in [-0.3, -0.25) is 9.48 Å². The Morgan fingerprint density at radius 3 is 2.91 bits per heavy atom. The Labute approximate surface area is 200 Å².